The zero-order valence-electron chi connectivity index (χ0n) is 15.9. The first-order valence-electron chi connectivity index (χ1n) is 9.85. The van der Waals surface area contributed by atoms with Crippen molar-refractivity contribution in [2.24, 2.45) is 17.6 Å². The van der Waals surface area contributed by atoms with Crippen LogP contribution in [0.25, 0.3) is 0 Å². The molecular weight excluding hydrogens is 338 g/mol. The zero-order chi connectivity index (χ0) is 17.5. The highest BCUT2D eigenvalue weighted by atomic mass is 35.5. The fraction of sp³-hybridized carbons (Fsp3) is 0.895. The number of piperazine rings is 1. The van der Waals surface area contributed by atoms with Crippen LogP contribution in [0.2, 0.25) is 0 Å². The summed E-state index contributed by atoms with van der Waals surface area (Å²) < 4.78 is 0. The van der Waals surface area contributed by atoms with Gasteiger partial charge in [0.1, 0.15) is 0 Å². The molecule has 1 aliphatic carbocycles. The van der Waals surface area contributed by atoms with Crippen molar-refractivity contribution in [3.05, 3.63) is 0 Å². The number of hydrogen-bond donors (Lipinski definition) is 1. The number of carbonyl (C=O) groups excluding carboxylic acids is 2. The van der Waals surface area contributed by atoms with Gasteiger partial charge in [0, 0.05) is 32.6 Å². The average molecular weight is 374 g/mol. The van der Waals surface area contributed by atoms with Crippen LogP contribution in [-0.4, -0.2) is 53.8 Å². The van der Waals surface area contributed by atoms with Crippen LogP contribution in [0.15, 0.2) is 0 Å². The van der Waals surface area contributed by atoms with E-state index in [9.17, 15) is 9.59 Å². The van der Waals surface area contributed by atoms with E-state index in [0.717, 1.165) is 18.8 Å². The molecule has 2 aliphatic rings. The van der Waals surface area contributed by atoms with Crippen LogP contribution in [0.3, 0.4) is 0 Å². The maximum Gasteiger partial charge on any atom is 0.239 e. The molecule has 2 atom stereocenters. The van der Waals surface area contributed by atoms with Crippen LogP contribution in [-0.2, 0) is 9.59 Å². The maximum absolute atomic E-state index is 12.4. The molecule has 1 heterocycles. The second-order valence-electron chi connectivity index (χ2n) is 7.66. The van der Waals surface area contributed by atoms with Crippen molar-refractivity contribution in [3.8, 4) is 0 Å². The van der Waals surface area contributed by atoms with Gasteiger partial charge in [-0.2, -0.15) is 0 Å². The minimum atomic E-state index is -0.413. The van der Waals surface area contributed by atoms with Gasteiger partial charge in [0.05, 0.1) is 6.04 Å². The lowest BCUT2D eigenvalue weighted by atomic mass is 9.86. The largest absolute Gasteiger partial charge is 0.339 e. The lowest BCUT2D eigenvalue weighted by Crippen LogP contribution is -2.55. The third-order valence-electron chi connectivity index (χ3n) is 5.98. The van der Waals surface area contributed by atoms with Gasteiger partial charge in [0.15, 0.2) is 0 Å². The predicted octanol–water partition coefficient (Wildman–Crippen LogP) is 2.81. The highest BCUT2D eigenvalue weighted by molar-refractivity contribution is 5.85. The molecule has 0 radical (unpaired) electrons. The normalized spacial score (nSPS) is 21.4. The van der Waals surface area contributed by atoms with Gasteiger partial charge in [-0.15, -0.1) is 12.4 Å². The third kappa shape index (κ3) is 6.45. The van der Waals surface area contributed by atoms with E-state index in [4.69, 9.17) is 5.73 Å². The van der Waals surface area contributed by atoms with E-state index >= 15 is 0 Å². The van der Waals surface area contributed by atoms with Gasteiger partial charge < -0.3 is 15.5 Å². The fourth-order valence-corrected chi connectivity index (χ4v) is 3.85. The Kier molecular flexibility index (Phi) is 9.80. The van der Waals surface area contributed by atoms with E-state index in [1.54, 1.807) is 0 Å². The van der Waals surface area contributed by atoms with E-state index < -0.39 is 6.04 Å². The summed E-state index contributed by atoms with van der Waals surface area (Å²) in [5, 5.41) is 0. The lowest BCUT2D eigenvalue weighted by molar-refractivity contribution is -0.141. The molecule has 2 amide bonds. The molecule has 0 aromatic rings. The first-order chi connectivity index (χ1) is 11.5. The molecule has 2 unspecified atom stereocenters. The Morgan fingerprint density at radius 2 is 1.60 bits per heavy atom. The summed E-state index contributed by atoms with van der Waals surface area (Å²) in [5.74, 6) is 1.25. The minimum Gasteiger partial charge on any atom is -0.339 e. The summed E-state index contributed by atoms with van der Waals surface area (Å²) in [4.78, 5) is 28.6. The van der Waals surface area contributed by atoms with Crippen molar-refractivity contribution in [2.45, 2.75) is 71.3 Å². The van der Waals surface area contributed by atoms with Crippen molar-refractivity contribution in [1.82, 2.24) is 9.80 Å². The first-order valence-corrected chi connectivity index (χ1v) is 9.85. The van der Waals surface area contributed by atoms with Crippen molar-refractivity contribution < 1.29 is 9.59 Å². The number of carbonyl (C=O) groups is 2. The number of hydrogen-bond acceptors (Lipinski definition) is 3. The quantitative estimate of drug-likeness (QED) is 0.778. The standard InChI is InChI=1S/C19H35N3O2.ClH/c1-3-15(2)18(20)19(24)22-13-11-21(12-14-22)17(23)10-9-16-7-5-4-6-8-16;/h15-16,18H,3-14,20H2,1-2H3;1H. The van der Waals surface area contributed by atoms with Gasteiger partial charge in [-0.25, -0.2) is 0 Å². The van der Waals surface area contributed by atoms with E-state index in [0.29, 0.717) is 32.6 Å². The molecular formula is C19H36ClN3O2. The lowest BCUT2D eigenvalue weighted by Gasteiger charge is -2.37. The third-order valence-corrected chi connectivity index (χ3v) is 5.98. The molecule has 25 heavy (non-hydrogen) atoms. The maximum atomic E-state index is 12.4. The molecule has 2 N–H and O–H groups in total. The Bertz CT molecular complexity index is 419. The van der Waals surface area contributed by atoms with Crippen molar-refractivity contribution >= 4 is 24.2 Å². The summed E-state index contributed by atoms with van der Waals surface area (Å²) in [7, 11) is 0. The number of halogens is 1. The molecule has 0 aromatic carbocycles. The highest BCUT2D eigenvalue weighted by Crippen LogP contribution is 2.27. The molecule has 6 heteroatoms. The molecule has 0 bridgehead atoms. The van der Waals surface area contributed by atoms with Crippen LogP contribution < -0.4 is 5.73 Å². The van der Waals surface area contributed by atoms with Crippen LogP contribution in [0.5, 0.6) is 0 Å². The van der Waals surface area contributed by atoms with Crippen molar-refractivity contribution in [1.29, 1.82) is 0 Å². The number of amides is 2. The van der Waals surface area contributed by atoms with Gasteiger partial charge in [-0.05, 0) is 18.3 Å². The summed E-state index contributed by atoms with van der Waals surface area (Å²) >= 11 is 0. The monoisotopic (exact) mass is 373 g/mol. The summed E-state index contributed by atoms with van der Waals surface area (Å²) in [6, 6.07) is -0.413. The van der Waals surface area contributed by atoms with E-state index in [2.05, 4.69) is 6.92 Å². The Hall–Kier alpha value is -0.810. The van der Waals surface area contributed by atoms with Gasteiger partial charge in [-0.1, -0.05) is 52.4 Å². The molecule has 2 fully saturated rings. The molecule has 2 rings (SSSR count). The average Bonchev–Trinajstić information content (AvgIpc) is 2.65. The van der Waals surface area contributed by atoms with E-state index in [1.165, 1.54) is 32.1 Å². The summed E-state index contributed by atoms with van der Waals surface area (Å²) in [6.07, 6.45) is 9.23. The first kappa shape index (κ1) is 22.2. The molecule has 5 nitrogen and oxygen atoms in total. The molecule has 1 aliphatic heterocycles. The van der Waals surface area contributed by atoms with Crippen molar-refractivity contribution in [2.75, 3.05) is 26.2 Å². The summed E-state index contributed by atoms with van der Waals surface area (Å²) in [6.45, 7) is 6.63. The predicted molar refractivity (Wildman–Crippen MR) is 104 cm³/mol. The Balaban J connectivity index is 0.00000312. The van der Waals surface area contributed by atoms with Gasteiger partial charge >= 0.3 is 0 Å². The van der Waals surface area contributed by atoms with Crippen molar-refractivity contribution in [3.63, 3.8) is 0 Å². The van der Waals surface area contributed by atoms with E-state index in [-0.39, 0.29) is 30.1 Å². The molecule has 0 aromatic heterocycles. The second-order valence-corrected chi connectivity index (χ2v) is 7.66. The van der Waals surface area contributed by atoms with Gasteiger partial charge in [0.25, 0.3) is 0 Å². The Morgan fingerprint density at radius 1 is 1.04 bits per heavy atom. The minimum absolute atomic E-state index is 0. The van der Waals surface area contributed by atoms with Crippen LogP contribution in [0.4, 0.5) is 0 Å². The fourth-order valence-electron chi connectivity index (χ4n) is 3.85. The Morgan fingerprint density at radius 3 is 2.16 bits per heavy atom. The van der Waals surface area contributed by atoms with E-state index in [1.807, 2.05) is 16.7 Å². The molecule has 1 saturated heterocycles. The highest BCUT2D eigenvalue weighted by Gasteiger charge is 2.29. The van der Waals surface area contributed by atoms with Gasteiger partial charge in [0.2, 0.25) is 11.8 Å². The smallest absolute Gasteiger partial charge is 0.239 e. The SMILES string of the molecule is CCC(C)C(N)C(=O)N1CCN(C(=O)CCC2CCCCC2)CC1.Cl. The summed E-state index contributed by atoms with van der Waals surface area (Å²) in [5.41, 5.74) is 6.06. The number of nitrogens with zero attached hydrogens (tertiary/aromatic N) is 2. The molecule has 146 valence electrons. The van der Waals surface area contributed by atoms with Crippen LogP contribution >= 0.6 is 12.4 Å². The molecule has 1 saturated carbocycles. The van der Waals surface area contributed by atoms with Crippen LogP contribution in [0.1, 0.15) is 65.2 Å². The number of nitrogens with two attached hydrogens (primary N) is 1. The van der Waals surface area contributed by atoms with Gasteiger partial charge in [-0.3, -0.25) is 9.59 Å². The topological polar surface area (TPSA) is 66.6 Å². The number of rotatable bonds is 6. The second kappa shape index (κ2) is 11.0. The zero-order valence-corrected chi connectivity index (χ0v) is 16.7. The Labute approximate surface area is 159 Å². The molecule has 0 spiro atoms. The van der Waals surface area contributed by atoms with Crippen LogP contribution in [0, 0.1) is 11.8 Å².